The number of aliphatic hydroxyl groups excluding tert-OH is 2. The zero-order chi connectivity index (χ0) is 25.1. The van der Waals surface area contributed by atoms with Gasteiger partial charge in [-0.05, 0) is 35.9 Å². The number of amides is 1. The van der Waals surface area contributed by atoms with Crippen molar-refractivity contribution in [3.63, 3.8) is 0 Å². The molecular weight excluding hydrogens is 490 g/mol. The zero-order valence-corrected chi connectivity index (χ0v) is 18.0. The van der Waals surface area contributed by atoms with E-state index in [-0.39, 0.29) is 53.2 Å². The second kappa shape index (κ2) is 7.20. The van der Waals surface area contributed by atoms with Crippen molar-refractivity contribution in [3.8, 4) is 5.69 Å². The Morgan fingerprint density at radius 2 is 1.76 bits per heavy atom. The average molecular weight is 508 g/mol. The second-order valence-corrected chi connectivity index (χ2v) is 10.3. The summed E-state index contributed by atoms with van der Waals surface area (Å²) in [7, 11) is -9.87. The van der Waals surface area contributed by atoms with Gasteiger partial charge in [0.15, 0.2) is 11.5 Å². The van der Waals surface area contributed by atoms with E-state index < -0.39 is 45.5 Å². The van der Waals surface area contributed by atoms with Crippen molar-refractivity contribution in [2.24, 2.45) is 0 Å². The molecule has 0 unspecified atom stereocenters. The lowest BCUT2D eigenvalue weighted by atomic mass is 9.92. The van der Waals surface area contributed by atoms with E-state index in [1.54, 1.807) is 0 Å². The Kier molecular flexibility index (Phi) is 5.09. The van der Waals surface area contributed by atoms with Crippen molar-refractivity contribution in [1.29, 1.82) is 0 Å². The van der Waals surface area contributed by atoms with E-state index in [2.05, 4.69) is 16.7 Å². The smallest absolute Gasteiger partial charge is 0.310 e. The summed E-state index contributed by atoms with van der Waals surface area (Å²) in [4.78, 5) is 15.0. The van der Waals surface area contributed by atoms with Crippen LogP contribution in [0.15, 0.2) is 53.8 Å². The minimum absolute atomic E-state index is 0.0191. The van der Waals surface area contributed by atoms with Crippen molar-refractivity contribution < 1.29 is 38.8 Å². The highest BCUT2D eigenvalue weighted by Gasteiger charge is 2.65. The summed E-state index contributed by atoms with van der Waals surface area (Å²) in [6.45, 7) is 2.38. The minimum atomic E-state index is -9.87. The summed E-state index contributed by atoms with van der Waals surface area (Å²) in [6.07, 6.45) is -0.0634. The van der Waals surface area contributed by atoms with Crippen molar-refractivity contribution in [3.05, 3.63) is 60.2 Å². The molecule has 34 heavy (non-hydrogen) atoms. The van der Waals surface area contributed by atoms with Gasteiger partial charge in [-0.15, -0.1) is 0 Å². The number of fused-ring (bicyclic) bond motifs is 1. The molecule has 0 spiro atoms. The molecule has 4 rings (SSSR count). The molecule has 1 fully saturated rings. The molecule has 1 amide bonds. The third-order valence-electron chi connectivity index (χ3n) is 5.47. The molecule has 3 aromatic rings. The maximum absolute atomic E-state index is 13.2. The number of likely N-dealkylation sites (tertiary alicyclic amines) is 1. The van der Waals surface area contributed by atoms with Crippen molar-refractivity contribution in [2.75, 3.05) is 19.7 Å². The Bertz CT molecular complexity index is 1310. The summed E-state index contributed by atoms with van der Waals surface area (Å²) in [5, 5.41) is 24.3. The monoisotopic (exact) mass is 508 g/mol. The molecule has 0 radical (unpaired) electrons. The number of aromatic nitrogens is 3. The summed E-state index contributed by atoms with van der Waals surface area (Å²) < 4.78 is 79.7. The topological polar surface area (TPSA) is 91.5 Å². The van der Waals surface area contributed by atoms with Crippen LogP contribution in [0.5, 0.6) is 0 Å². The highest BCUT2D eigenvalue weighted by atomic mass is 32.5. The van der Waals surface area contributed by atoms with Crippen LogP contribution in [0.1, 0.15) is 23.3 Å². The molecule has 14 heteroatoms. The van der Waals surface area contributed by atoms with Crippen LogP contribution in [0.2, 0.25) is 0 Å². The fourth-order valence-electron chi connectivity index (χ4n) is 3.77. The average Bonchev–Trinajstić information content (AvgIpc) is 3.10. The number of carbonyl (C=O) groups is 1. The molecule has 184 valence electrons. The largest absolute Gasteiger partial charge is 0.393 e. The fraction of sp³-hybridized carbons (Fsp3) is 0.250. The van der Waals surface area contributed by atoms with Crippen LogP contribution >= 0.6 is 10.2 Å². The Morgan fingerprint density at radius 1 is 1.15 bits per heavy atom. The lowest BCUT2D eigenvalue weighted by Gasteiger charge is -2.40. The second-order valence-electron chi connectivity index (χ2n) is 7.87. The number of halogens is 6. The third-order valence-corrected chi connectivity index (χ3v) is 6.64. The number of carbonyl (C=O) groups excluding carboxylic acids is 1. The van der Waals surface area contributed by atoms with Crippen molar-refractivity contribution in [2.45, 2.75) is 16.9 Å². The highest BCUT2D eigenvalue weighted by Crippen LogP contribution is 3.02. The number of aliphatic hydroxyl groups is 2. The first-order valence-electron chi connectivity index (χ1n) is 9.75. The molecule has 7 nitrogen and oxygen atoms in total. The fourth-order valence-corrected chi connectivity index (χ4v) is 4.42. The van der Waals surface area contributed by atoms with Gasteiger partial charge < -0.3 is 15.1 Å². The molecule has 0 aliphatic carbocycles. The van der Waals surface area contributed by atoms with E-state index in [4.69, 9.17) is 0 Å². The molecule has 1 saturated heterocycles. The molecule has 2 aromatic heterocycles. The molecular formula is C20H18F6N4O3S. The lowest BCUT2D eigenvalue weighted by Crippen LogP contribution is -2.48. The van der Waals surface area contributed by atoms with Crippen LogP contribution in [0.4, 0.5) is 23.8 Å². The van der Waals surface area contributed by atoms with Crippen LogP contribution in [-0.2, 0) is 4.79 Å². The first-order valence-corrected chi connectivity index (χ1v) is 11.7. The molecule has 0 bridgehead atoms. The van der Waals surface area contributed by atoms with Crippen LogP contribution in [0.3, 0.4) is 0 Å². The Hall–Kier alpha value is -3.10. The predicted octanol–water partition coefficient (Wildman–Crippen LogP) is 4.51. The number of hydrogen-bond donors (Lipinski definition) is 2. The van der Waals surface area contributed by atoms with Gasteiger partial charge in [-0.1, -0.05) is 26.0 Å². The van der Waals surface area contributed by atoms with Gasteiger partial charge in [0.25, 0.3) is 5.91 Å². The first kappa shape index (κ1) is 24.0. The summed E-state index contributed by atoms with van der Waals surface area (Å²) in [6, 6.07) is 3.52. The molecule has 3 heterocycles. The van der Waals surface area contributed by atoms with Gasteiger partial charge in [-0.2, -0.15) is 5.10 Å². The normalized spacial score (nSPS) is 17.7. The zero-order valence-electron chi connectivity index (χ0n) is 17.2. The molecule has 1 aliphatic heterocycles. The maximum atomic E-state index is 13.2. The van der Waals surface area contributed by atoms with Crippen LogP contribution in [0, 0.1) is 0 Å². The Morgan fingerprint density at radius 3 is 2.29 bits per heavy atom. The van der Waals surface area contributed by atoms with Gasteiger partial charge >= 0.3 is 10.2 Å². The van der Waals surface area contributed by atoms with Crippen LogP contribution in [0.25, 0.3) is 16.7 Å². The summed E-state index contributed by atoms with van der Waals surface area (Å²) in [5.41, 5.74) is 0.571. The van der Waals surface area contributed by atoms with Gasteiger partial charge in [-0.25, -0.2) is 14.1 Å². The molecule has 1 aromatic carbocycles. The highest BCUT2D eigenvalue weighted by molar-refractivity contribution is 8.45. The van der Waals surface area contributed by atoms with Crippen LogP contribution in [-0.4, -0.2) is 55.5 Å². The van der Waals surface area contributed by atoms with E-state index in [1.165, 1.54) is 17.2 Å². The van der Waals surface area contributed by atoms with Gasteiger partial charge in [0, 0.05) is 30.6 Å². The Labute approximate surface area is 188 Å². The minimum Gasteiger partial charge on any atom is -0.393 e. The van der Waals surface area contributed by atoms with Gasteiger partial charge in [0.05, 0.1) is 18.0 Å². The summed E-state index contributed by atoms with van der Waals surface area (Å²) in [5.74, 6) is -2.50. The number of benzene rings is 1. The number of rotatable bonds is 6. The van der Waals surface area contributed by atoms with Gasteiger partial charge in [0.1, 0.15) is 11.0 Å². The Balaban J connectivity index is 1.82. The maximum Gasteiger partial charge on any atom is 0.310 e. The van der Waals surface area contributed by atoms with E-state index in [1.807, 2.05) is 0 Å². The van der Waals surface area contributed by atoms with E-state index in [0.29, 0.717) is 0 Å². The van der Waals surface area contributed by atoms with Crippen molar-refractivity contribution in [1.82, 2.24) is 19.7 Å². The SMILES string of the molecule is C=C(F)C(=O)N1CC(c2nn(-c3ccc(S(F)(F)(F)(F)F)cc3)c3nccc([C@H](O)CO)c23)C1. The summed E-state index contributed by atoms with van der Waals surface area (Å²) >= 11 is 0. The van der Waals surface area contributed by atoms with Crippen molar-refractivity contribution >= 4 is 27.2 Å². The molecule has 1 atom stereocenters. The first-order chi connectivity index (χ1) is 15.6. The van der Waals surface area contributed by atoms with E-state index in [9.17, 15) is 38.8 Å². The van der Waals surface area contributed by atoms with Gasteiger partial charge in [-0.3, -0.25) is 4.79 Å². The molecule has 0 saturated carbocycles. The number of pyridine rings is 1. The third kappa shape index (κ3) is 4.23. The standard InChI is InChI=1S/C20H18F6N4O3S/c1-11(21)20(33)29-8-12(9-29)18-17-15(16(32)10-31)6-7-27-19(17)30(28-18)13-2-4-14(5-3-13)34(22,23,24,25)26/h2-7,12,16,31-32H,1,8-10H2/t16-/m1/s1. The van der Waals surface area contributed by atoms with E-state index in [0.717, 1.165) is 16.8 Å². The quantitative estimate of drug-likeness (QED) is 0.378. The lowest BCUT2D eigenvalue weighted by molar-refractivity contribution is -0.133. The molecule has 1 aliphatic rings. The number of nitrogens with zero attached hydrogens (tertiary/aromatic N) is 4. The molecule has 2 N–H and O–H groups in total. The predicted molar refractivity (Wildman–Crippen MR) is 112 cm³/mol. The number of hydrogen-bond acceptors (Lipinski definition) is 5. The van der Waals surface area contributed by atoms with E-state index >= 15 is 0 Å². The van der Waals surface area contributed by atoms with Gasteiger partial charge in [0.2, 0.25) is 0 Å². The van der Waals surface area contributed by atoms with Crippen LogP contribution < -0.4 is 0 Å².